The summed E-state index contributed by atoms with van der Waals surface area (Å²) >= 11 is 2.78. The van der Waals surface area contributed by atoms with Crippen molar-refractivity contribution in [2.24, 2.45) is 0 Å². The van der Waals surface area contributed by atoms with Crippen molar-refractivity contribution < 1.29 is 14.3 Å². The van der Waals surface area contributed by atoms with Crippen molar-refractivity contribution in [3.05, 3.63) is 54.1 Å². The molecular weight excluding hydrogens is 396 g/mol. The van der Waals surface area contributed by atoms with Crippen molar-refractivity contribution in [1.29, 1.82) is 0 Å². The number of aromatic nitrogens is 2. The van der Waals surface area contributed by atoms with Gasteiger partial charge in [0, 0.05) is 5.69 Å². The van der Waals surface area contributed by atoms with E-state index < -0.39 is 0 Å². The second-order valence-corrected chi connectivity index (χ2v) is 8.25. The molecule has 1 aliphatic heterocycles. The Bertz CT molecular complexity index is 965. The number of anilines is 2. The number of nitrogens with one attached hydrogen (secondary N) is 2. The third kappa shape index (κ3) is 4.55. The van der Waals surface area contributed by atoms with Gasteiger partial charge in [-0.1, -0.05) is 47.4 Å². The zero-order chi connectivity index (χ0) is 19.3. The average molecular weight is 415 g/mol. The third-order valence-electron chi connectivity index (χ3n) is 4.03. The molecule has 0 spiro atoms. The predicted molar refractivity (Wildman–Crippen MR) is 109 cm³/mol. The minimum absolute atomic E-state index is 0.0667. The molecule has 1 amide bonds. The molecule has 0 saturated carbocycles. The molecule has 28 heavy (non-hydrogen) atoms. The molecule has 9 heteroatoms. The van der Waals surface area contributed by atoms with Crippen LogP contribution in [-0.2, 0) is 4.79 Å². The summed E-state index contributed by atoms with van der Waals surface area (Å²) in [6, 6.07) is 15.3. The second kappa shape index (κ2) is 8.49. The largest absolute Gasteiger partial charge is 0.454 e. The molecule has 3 aromatic rings. The summed E-state index contributed by atoms with van der Waals surface area (Å²) in [5.74, 6) is 1.65. The standard InChI is InChI=1S/C19H18N4O3S2/c1-12(13-7-8-15-16(9-13)26-11-25-15)20-17(24)10-27-19-23-22-18(28-19)21-14-5-3-2-4-6-14/h2-9,12H,10-11H2,1H3,(H,20,24)(H,21,22)/t12-/m1/s1. The number of ether oxygens (including phenoxy) is 2. The number of thioether (sulfide) groups is 1. The van der Waals surface area contributed by atoms with Gasteiger partial charge in [0.25, 0.3) is 0 Å². The molecule has 1 atom stereocenters. The lowest BCUT2D eigenvalue weighted by atomic mass is 10.1. The van der Waals surface area contributed by atoms with Gasteiger partial charge in [0.1, 0.15) is 0 Å². The van der Waals surface area contributed by atoms with Gasteiger partial charge in [0.05, 0.1) is 11.8 Å². The molecular formula is C19H18N4O3S2. The lowest BCUT2D eigenvalue weighted by Crippen LogP contribution is -2.28. The van der Waals surface area contributed by atoms with Crippen LogP contribution in [0.25, 0.3) is 0 Å². The lowest BCUT2D eigenvalue weighted by Gasteiger charge is -2.14. The number of fused-ring (bicyclic) bond motifs is 1. The number of rotatable bonds is 7. The van der Waals surface area contributed by atoms with Crippen LogP contribution in [0.5, 0.6) is 11.5 Å². The molecule has 1 aliphatic rings. The van der Waals surface area contributed by atoms with E-state index in [0.29, 0.717) is 10.9 Å². The number of carbonyl (C=O) groups excluding carboxylic acids is 1. The number of hydrogen-bond acceptors (Lipinski definition) is 8. The van der Waals surface area contributed by atoms with Crippen LogP contribution in [0.1, 0.15) is 18.5 Å². The highest BCUT2D eigenvalue weighted by Gasteiger charge is 2.17. The molecule has 7 nitrogen and oxygen atoms in total. The molecule has 2 N–H and O–H groups in total. The van der Waals surface area contributed by atoms with Gasteiger partial charge < -0.3 is 20.1 Å². The number of hydrogen-bond donors (Lipinski definition) is 2. The Morgan fingerprint density at radius 3 is 2.86 bits per heavy atom. The van der Waals surface area contributed by atoms with Crippen LogP contribution in [0.15, 0.2) is 52.9 Å². The maximum Gasteiger partial charge on any atom is 0.231 e. The van der Waals surface area contributed by atoms with Crippen molar-refractivity contribution in [2.75, 3.05) is 17.9 Å². The van der Waals surface area contributed by atoms with Gasteiger partial charge in [-0.05, 0) is 36.8 Å². The molecule has 4 rings (SSSR count). The SMILES string of the molecule is C[C@@H](NC(=O)CSc1nnc(Nc2ccccc2)s1)c1ccc2c(c1)OCO2. The van der Waals surface area contributed by atoms with Crippen LogP contribution in [0.4, 0.5) is 10.8 Å². The van der Waals surface area contributed by atoms with E-state index >= 15 is 0 Å². The number of nitrogens with zero attached hydrogens (tertiary/aromatic N) is 2. The Hall–Kier alpha value is -2.78. The molecule has 0 fully saturated rings. The van der Waals surface area contributed by atoms with Gasteiger partial charge in [-0.3, -0.25) is 4.79 Å². The van der Waals surface area contributed by atoms with Crippen molar-refractivity contribution in [3.8, 4) is 11.5 Å². The summed E-state index contributed by atoms with van der Waals surface area (Å²) < 4.78 is 11.4. The smallest absolute Gasteiger partial charge is 0.231 e. The first-order valence-electron chi connectivity index (χ1n) is 8.64. The quantitative estimate of drug-likeness (QED) is 0.566. The molecule has 2 aromatic carbocycles. The fraction of sp³-hybridized carbons (Fsp3) is 0.211. The Morgan fingerprint density at radius 1 is 1.18 bits per heavy atom. The monoisotopic (exact) mass is 414 g/mol. The Kier molecular flexibility index (Phi) is 5.63. The summed E-state index contributed by atoms with van der Waals surface area (Å²) in [7, 11) is 0. The predicted octanol–water partition coefficient (Wildman–Crippen LogP) is 3.98. The van der Waals surface area contributed by atoms with E-state index in [2.05, 4.69) is 20.8 Å². The number of carbonyl (C=O) groups is 1. The van der Waals surface area contributed by atoms with Gasteiger partial charge in [0.15, 0.2) is 15.8 Å². The highest BCUT2D eigenvalue weighted by molar-refractivity contribution is 8.01. The van der Waals surface area contributed by atoms with Crippen molar-refractivity contribution in [3.63, 3.8) is 0 Å². The van der Waals surface area contributed by atoms with Crippen LogP contribution in [0, 0.1) is 0 Å². The first kappa shape index (κ1) is 18.6. The maximum absolute atomic E-state index is 12.3. The van der Waals surface area contributed by atoms with Crippen LogP contribution in [0.3, 0.4) is 0 Å². The molecule has 144 valence electrons. The first-order valence-corrected chi connectivity index (χ1v) is 10.4. The van der Waals surface area contributed by atoms with Crippen molar-refractivity contribution in [1.82, 2.24) is 15.5 Å². The zero-order valence-corrected chi connectivity index (χ0v) is 16.7. The number of para-hydroxylation sites is 1. The number of amides is 1. The van der Waals surface area contributed by atoms with Gasteiger partial charge in [0.2, 0.25) is 17.8 Å². The van der Waals surface area contributed by atoms with Crippen LogP contribution < -0.4 is 20.1 Å². The highest BCUT2D eigenvalue weighted by Crippen LogP contribution is 2.34. The second-order valence-electron chi connectivity index (χ2n) is 6.05. The summed E-state index contributed by atoms with van der Waals surface area (Å²) in [4.78, 5) is 12.3. The first-order chi connectivity index (χ1) is 13.7. The minimum Gasteiger partial charge on any atom is -0.454 e. The Balaban J connectivity index is 1.27. The molecule has 0 aliphatic carbocycles. The maximum atomic E-state index is 12.3. The van der Waals surface area contributed by atoms with Gasteiger partial charge in [-0.25, -0.2) is 0 Å². The van der Waals surface area contributed by atoms with Crippen LogP contribution in [0.2, 0.25) is 0 Å². The molecule has 1 aromatic heterocycles. The summed E-state index contributed by atoms with van der Waals surface area (Å²) in [5, 5.41) is 15.1. The Labute approximate surface area is 170 Å². The van der Waals surface area contributed by atoms with E-state index in [-0.39, 0.29) is 24.5 Å². The van der Waals surface area contributed by atoms with E-state index in [1.54, 1.807) is 0 Å². The van der Waals surface area contributed by atoms with E-state index in [0.717, 1.165) is 21.3 Å². The third-order valence-corrected chi connectivity index (χ3v) is 6.00. The van der Waals surface area contributed by atoms with Gasteiger partial charge in [-0.2, -0.15) is 0 Å². The van der Waals surface area contributed by atoms with Crippen molar-refractivity contribution >= 4 is 39.8 Å². The van der Waals surface area contributed by atoms with E-state index in [4.69, 9.17) is 9.47 Å². The average Bonchev–Trinajstić information content (AvgIpc) is 3.35. The summed E-state index contributed by atoms with van der Waals surface area (Å²) in [6.07, 6.45) is 0. The normalized spacial score (nSPS) is 13.2. The lowest BCUT2D eigenvalue weighted by molar-refractivity contribution is -0.119. The highest BCUT2D eigenvalue weighted by atomic mass is 32.2. The molecule has 0 bridgehead atoms. The van der Waals surface area contributed by atoms with Gasteiger partial charge >= 0.3 is 0 Å². The van der Waals surface area contributed by atoms with E-state index in [1.165, 1.54) is 23.1 Å². The van der Waals surface area contributed by atoms with Crippen LogP contribution in [-0.4, -0.2) is 28.7 Å². The summed E-state index contributed by atoms with van der Waals surface area (Å²) in [6.45, 7) is 2.17. The molecule has 0 unspecified atom stereocenters. The molecule has 0 radical (unpaired) electrons. The fourth-order valence-electron chi connectivity index (χ4n) is 2.64. The summed E-state index contributed by atoms with van der Waals surface area (Å²) in [5.41, 5.74) is 1.92. The minimum atomic E-state index is -0.132. The molecule has 0 saturated heterocycles. The van der Waals surface area contributed by atoms with Crippen LogP contribution >= 0.6 is 23.1 Å². The molecule has 2 heterocycles. The Morgan fingerprint density at radius 2 is 2.00 bits per heavy atom. The van der Waals surface area contributed by atoms with Gasteiger partial charge in [-0.15, -0.1) is 10.2 Å². The van der Waals surface area contributed by atoms with E-state index in [9.17, 15) is 4.79 Å². The van der Waals surface area contributed by atoms with E-state index in [1.807, 2.05) is 55.5 Å². The fourth-order valence-corrected chi connectivity index (χ4v) is 4.22. The topological polar surface area (TPSA) is 85.4 Å². The number of benzene rings is 2. The van der Waals surface area contributed by atoms with Crippen molar-refractivity contribution in [2.45, 2.75) is 17.3 Å². The zero-order valence-electron chi connectivity index (χ0n) is 15.0.